The van der Waals surface area contributed by atoms with E-state index in [4.69, 9.17) is 14.6 Å². The van der Waals surface area contributed by atoms with Gasteiger partial charge in [0.15, 0.2) is 0 Å². The lowest BCUT2D eigenvalue weighted by Crippen LogP contribution is -2.43. The van der Waals surface area contributed by atoms with E-state index >= 15 is 0 Å². The van der Waals surface area contributed by atoms with Gasteiger partial charge in [0.2, 0.25) is 0 Å². The van der Waals surface area contributed by atoms with Crippen LogP contribution in [0, 0.1) is 0 Å². The van der Waals surface area contributed by atoms with E-state index in [1.807, 2.05) is 0 Å². The van der Waals surface area contributed by atoms with Crippen LogP contribution in [0.1, 0.15) is 32.6 Å². The first-order chi connectivity index (χ1) is 7.78. The third kappa shape index (κ3) is 8.05. The summed E-state index contributed by atoms with van der Waals surface area (Å²) in [6.07, 6.45) is 4.22. The number of nitrogens with one attached hydrogen (secondary N) is 1. The number of methoxy groups -OCH3 is 2. The predicted molar refractivity (Wildman–Crippen MR) is 65.7 cm³/mol. The molecule has 0 radical (unpaired) electrons. The van der Waals surface area contributed by atoms with Gasteiger partial charge in [-0.1, -0.05) is 19.8 Å². The largest absolute Gasteiger partial charge is 0.396 e. The zero-order chi connectivity index (χ0) is 12.2. The van der Waals surface area contributed by atoms with E-state index < -0.39 is 0 Å². The van der Waals surface area contributed by atoms with E-state index in [2.05, 4.69) is 12.2 Å². The Morgan fingerprint density at radius 2 is 1.62 bits per heavy atom. The molecule has 2 N–H and O–H groups in total. The Bertz CT molecular complexity index is 138. The summed E-state index contributed by atoms with van der Waals surface area (Å²) < 4.78 is 10.3. The fourth-order valence-corrected chi connectivity index (χ4v) is 1.77. The summed E-state index contributed by atoms with van der Waals surface area (Å²) in [5, 5.41) is 12.4. The van der Waals surface area contributed by atoms with Gasteiger partial charge in [0, 0.05) is 32.9 Å². The zero-order valence-electron chi connectivity index (χ0n) is 10.9. The van der Waals surface area contributed by atoms with Gasteiger partial charge in [-0.25, -0.2) is 0 Å². The van der Waals surface area contributed by atoms with Gasteiger partial charge in [-0.2, -0.15) is 0 Å². The van der Waals surface area contributed by atoms with E-state index in [0.29, 0.717) is 19.3 Å². The minimum atomic E-state index is 0.189. The molecule has 0 fully saturated rings. The SMILES string of the molecule is CCCCC(COC)NC(CCO)COC. The first-order valence-corrected chi connectivity index (χ1v) is 6.13. The van der Waals surface area contributed by atoms with Crippen molar-refractivity contribution in [3.8, 4) is 0 Å². The van der Waals surface area contributed by atoms with Crippen molar-refractivity contribution in [2.24, 2.45) is 0 Å². The van der Waals surface area contributed by atoms with E-state index in [9.17, 15) is 0 Å². The zero-order valence-corrected chi connectivity index (χ0v) is 10.9. The number of hydrogen-bond donors (Lipinski definition) is 2. The molecule has 2 unspecified atom stereocenters. The van der Waals surface area contributed by atoms with Crippen LogP contribution in [0.25, 0.3) is 0 Å². The van der Waals surface area contributed by atoms with Crippen LogP contribution in [0.3, 0.4) is 0 Å². The van der Waals surface area contributed by atoms with Crippen LogP contribution in [0.15, 0.2) is 0 Å². The summed E-state index contributed by atoms with van der Waals surface area (Å²) in [4.78, 5) is 0. The second-order valence-electron chi connectivity index (χ2n) is 4.13. The first-order valence-electron chi connectivity index (χ1n) is 6.13. The second kappa shape index (κ2) is 11.3. The van der Waals surface area contributed by atoms with Crippen molar-refractivity contribution in [1.29, 1.82) is 0 Å². The fourth-order valence-electron chi connectivity index (χ4n) is 1.77. The minimum Gasteiger partial charge on any atom is -0.396 e. The van der Waals surface area contributed by atoms with E-state index in [-0.39, 0.29) is 12.6 Å². The Labute approximate surface area is 99.3 Å². The monoisotopic (exact) mass is 233 g/mol. The molecule has 98 valence electrons. The summed E-state index contributed by atoms with van der Waals surface area (Å²) in [5.74, 6) is 0. The molecule has 0 aliphatic heterocycles. The molecule has 0 aromatic carbocycles. The minimum absolute atomic E-state index is 0.189. The number of hydrogen-bond acceptors (Lipinski definition) is 4. The average molecular weight is 233 g/mol. The lowest BCUT2D eigenvalue weighted by atomic mass is 10.1. The molecule has 4 heteroatoms. The molecular formula is C12H27NO3. The van der Waals surface area contributed by atoms with Crippen molar-refractivity contribution in [3.05, 3.63) is 0 Å². The molecule has 16 heavy (non-hydrogen) atoms. The second-order valence-corrected chi connectivity index (χ2v) is 4.13. The summed E-state index contributed by atoms with van der Waals surface area (Å²) in [7, 11) is 3.40. The Morgan fingerprint density at radius 3 is 2.06 bits per heavy atom. The van der Waals surface area contributed by atoms with Crippen LogP contribution in [0.2, 0.25) is 0 Å². The maximum atomic E-state index is 8.96. The summed E-state index contributed by atoms with van der Waals surface area (Å²) in [6.45, 7) is 3.72. The van der Waals surface area contributed by atoms with Gasteiger partial charge in [-0.3, -0.25) is 0 Å². The van der Waals surface area contributed by atoms with Gasteiger partial charge < -0.3 is 19.9 Å². The van der Waals surface area contributed by atoms with Crippen molar-refractivity contribution in [3.63, 3.8) is 0 Å². The molecule has 2 atom stereocenters. The standard InChI is InChI=1S/C12H27NO3/c1-4-5-6-11(9-15-2)13-12(7-8-14)10-16-3/h11-14H,4-10H2,1-3H3. The van der Waals surface area contributed by atoms with Crippen molar-refractivity contribution in [2.45, 2.75) is 44.7 Å². The molecule has 0 saturated heterocycles. The molecule has 0 aromatic heterocycles. The molecule has 4 nitrogen and oxygen atoms in total. The van der Waals surface area contributed by atoms with Gasteiger partial charge in [-0.15, -0.1) is 0 Å². The number of rotatable bonds is 11. The quantitative estimate of drug-likeness (QED) is 0.562. The molecule has 0 aromatic rings. The van der Waals surface area contributed by atoms with Crippen LogP contribution >= 0.6 is 0 Å². The van der Waals surface area contributed by atoms with Gasteiger partial charge in [0.05, 0.1) is 13.2 Å². The maximum Gasteiger partial charge on any atom is 0.0616 e. The first kappa shape index (κ1) is 15.8. The molecule has 0 amide bonds. The van der Waals surface area contributed by atoms with Crippen LogP contribution in [0.4, 0.5) is 0 Å². The van der Waals surface area contributed by atoms with Crippen molar-refractivity contribution >= 4 is 0 Å². The predicted octanol–water partition coefficient (Wildman–Crippen LogP) is 1.18. The molecule has 0 spiro atoms. The molecule has 0 aliphatic rings. The highest BCUT2D eigenvalue weighted by atomic mass is 16.5. The Kier molecular flexibility index (Phi) is 11.2. The lowest BCUT2D eigenvalue weighted by molar-refractivity contribution is 0.115. The third-order valence-electron chi connectivity index (χ3n) is 2.59. The van der Waals surface area contributed by atoms with E-state index in [1.54, 1.807) is 14.2 Å². The van der Waals surface area contributed by atoms with Crippen LogP contribution < -0.4 is 5.32 Å². The summed E-state index contributed by atoms with van der Waals surface area (Å²) in [5.41, 5.74) is 0. The fraction of sp³-hybridized carbons (Fsp3) is 1.00. The third-order valence-corrected chi connectivity index (χ3v) is 2.59. The molecule has 0 rings (SSSR count). The Morgan fingerprint density at radius 1 is 1.06 bits per heavy atom. The number of unbranched alkanes of at least 4 members (excludes halogenated alkanes) is 1. The number of aliphatic hydroxyl groups excluding tert-OH is 1. The van der Waals surface area contributed by atoms with Crippen molar-refractivity contribution < 1.29 is 14.6 Å². The van der Waals surface area contributed by atoms with Gasteiger partial charge >= 0.3 is 0 Å². The van der Waals surface area contributed by atoms with E-state index in [1.165, 1.54) is 12.8 Å². The van der Waals surface area contributed by atoms with Gasteiger partial charge in [0.1, 0.15) is 0 Å². The highest BCUT2D eigenvalue weighted by Gasteiger charge is 2.14. The Balaban J connectivity index is 3.98. The van der Waals surface area contributed by atoms with Crippen LogP contribution in [-0.4, -0.2) is 51.2 Å². The summed E-state index contributed by atoms with van der Waals surface area (Å²) >= 11 is 0. The summed E-state index contributed by atoms with van der Waals surface area (Å²) in [6, 6.07) is 0.573. The normalized spacial score (nSPS) is 15.0. The van der Waals surface area contributed by atoms with E-state index in [0.717, 1.165) is 12.8 Å². The Hall–Kier alpha value is -0.160. The van der Waals surface area contributed by atoms with Crippen LogP contribution in [0.5, 0.6) is 0 Å². The highest BCUT2D eigenvalue weighted by molar-refractivity contribution is 4.74. The number of aliphatic hydroxyl groups is 1. The molecule has 0 aliphatic carbocycles. The molecule has 0 heterocycles. The van der Waals surface area contributed by atoms with Crippen molar-refractivity contribution in [2.75, 3.05) is 34.0 Å². The maximum absolute atomic E-state index is 8.96. The molecular weight excluding hydrogens is 206 g/mol. The smallest absolute Gasteiger partial charge is 0.0616 e. The highest BCUT2D eigenvalue weighted by Crippen LogP contribution is 2.04. The average Bonchev–Trinajstić information content (AvgIpc) is 2.27. The van der Waals surface area contributed by atoms with Gasteiger partial charge in [-0.05, 0) is 12.8 Å². The van der Waals surface area contributed by atoms with Crippen molar-refractivity contribution in [1.82, 2.24) is 5.32 Å². The van der Waals surface area contributed by atoms with Gasteiger partial charge in [0.25, 0.3) is 0 Å². The topological polar surface area (TPSA) is 50.7 Å². The molecule has 0 saturated carbocycles. The number of ether oxygens (including phenoxy) is 2. The molecule has 0 bridgehead atoms. The van der Waals surface area contributed by atoms with Crippen LogP contribution in [-0.2, 0) is 9.47 Å². The lowest BCUT2D eigenvalue weighted by Gasteiger charge is -2.24.